The Labute approximate surface area is 148 Å². The second-order valence-electron chi connectivity index (χ2n) is 6.63. The fraction of sp³-hybridized carbons (Fsp3) is 0.400. The summed E-state index contributed by atoms with van der Waals surface area (Å²) in [4.78, 5) is 4.67. The number of piperazine rings is 1. The number of para-hydroxylation sites is 1. The predicted molar refractivity (Wildman–Crippen MR) is 95.7 cm³/mol. The molecule has 2 N–H and O–H groups in total. The van der Waals surface area contributed by atoms with Crippen molar-refractivity contribution in [1.29, 1.82) is 0 Å². The molecule has 5 heteroatoms. The first kappa shape index (κ1) is 17.9. The normalized spacial score (nSPS) is 19.2. The summed E-state index contributed by atoms with van der Waals surface area (Å²) in [6, 6.07) is 14.3. The number of hydrogen-bond donors (Lipinski definition) is 2. The highest BCUT2D eigenvalue weighted by molar-refractivity contribution is 5.31. The molecule has 0 amide bonds. The predicted octanol–water partition coefficient (Wildman–Crippen LogP) is 2.60. The van der Waals surface area contributed by atoms with E-state index in [2.05, 4.69) is 9.80 Å². The Morgan fingerprint density at radius 1 is 1.00 bits per heavy atom. The van der Waals surface area contributed by atoms with Gasteiger partial charge in [0, 0.05) is 50.9 Å². The zero-order valence-corrected chi connectivity index (χ0v) is 14.3. The maximum atomic E-state index is 13.1. The van der Waals surface area contributed by atoms with Crippen LogP contribution in [0.15, 0.2) is 48.5 Å². The van der Waals surface area contributed by atoms with E-state index in [1.54, 1.807) is 6.07 Å². The van der Waals surface area contributed by atoms with Crippen LogP contribution in [0.5, 0.6) is 5.75 Å². The van der Waals surface area contributed by atoms with Crippen molar-refractivity contribution in [2.24, 2.45) is 0 Å². The lowest BCUT2D eigenvalue weighted by Crippen LogP contribution is -2.52. The third-order valence-corrected chi connectivity index (χ3v) is 4.84. The second-order valence-corrected chi connectivity index (χ2v) is 6.63. The van der Waals surface area contributed by atoms with E-state index >= 15 is 0 Å². The summed E-state index contributed by atoms with van der Waals surface area (Å²) in [5, 5.41) is 19.4. The molecule has 4 nitrogen and oxygen atoms in total. The van der Waals surface area contributed by atoms with Crippen LogP contribution in [0, 0.1) is 5.82 Å². The van der Waals surface area contributed by atoms with Crippen LogP contribution in [0.3, 0.4) is 0 Å². The molecule has 0 saturated carbocycles. The zero-order chi connectivity index (χ0) is 17.6. The van der Waals surface area contributed by atoms with Crippen LogP contribution in [0.25, 0.3) is 0 Å². The van der Waals surface area contributed by atoms with E-state index in [-0.39, 0.29) is 18.5 Å². The number of aliphatic hydroxyl groups is 1. The Hall–Kier alpha value is -1.95. The molecule has 0 radical (unpaired) electrons. The van der Waals surface area contributed by atoms with Crippen molar-refractivity contribution >= 4 is 0 Å². The van der Waals surface area contributed by atoms with Gasteiger partial charge in [-0.25, -0.2) is 4.39 Å². The molecule has 0 spiro atoms. The standard InChI is InChI=1S/C20H25FN2O2/c21-18-7-5-16(6-8-18)13-23-11-10-22(15-19(23)9-12-24)14-17-3-1-2-4-20(17)25/h1-8,19,24-25H,9-15H2/t19-/m1/s1. The molecule has 0 bridgehead atoms. The highest BCUT2D eigenvalue weighted by atomic mass is 19.1. The summed E-state index contributed by atoms with van der Waals surface area (Å²) in [7, 11) is 0. The molecule has 1 saturated heterocycles. The molecule has 25 heavy (non-hydrogen) atoms. The van der Waals surface area contributed by atoms with E-state index in [1.165, 1.54) is 12.1 Å². The highest BCUT2D eigenvalue weighted by Crippen LogP contribution is 2.22. The van der Waals surface area contributed by atoms with Gasteiger partial charge >= 0.3 is 0 Å². The number of aliphatic hydroxyl groups excluding tert-OH is 1. The third-order valence-electron chi connectivity index (χ3n) is 4.84. The van der Waals surface area contributed by atoms with Gasteiger partial charge in [-0.1, -0.05) is 30.3 Å². The second kappa shape index (κ2) is 8.43. The zero-order valence-electron chi connectivity index (χ0n) is 14.3. The molecule has 2 aromatic rings. The number of aromatic hydroxyl groups is 1. The summed E-state index contributed by atoms with van der Waals surface area (Å²) >= 11 is 0. The van der Waals surface area contributed by atoms with Crippen molar-refractivity contribution in [2.75, 3.05) is 26.2 Å². The lowest BCUT2D eigenvalue weighted by molar-refractivity contribution is 0.0496. The number of hydrogen-bond acceptors (Lipinski definition) is 4. The van der Waals surface area contributed by atoms with Gasteiger partial charge in [-0.2, -0.15) is 0 Å². The number of benzene rings is 2. The van der Waals surface area contributed by atoms with Crippen LogP contribution in [0.4, 0.5) is 4.39 Å². The van der Waals surface area contributed by atoms with Crippen molar-refractivity contribution < 1.29 is 14.6 Å². The Bertz CT molecular complexity index is 678. The molecule has 1 atom stereocenters. The molecular weight excluding hydrogens is 319 g/mol. The first-order chi connectivity index (χ1) is 12.2. The topological polar surface area (TPSA) is 46.9 Å². The average Bonchev–Trinajstić information content (AvgIpc) is 2.61. The monoisotopic (exact) mass is 344 g/mol. The van der Waals surface area contributed by atoms with Crippen LogP contribution in [0.2, 0.25) is 0 Å². The summed E-state index contributed by atoms with van der Waals surface area (Å²) in [5.41, 5.74) is 2.01. The molecule has 2 aromatic carbocycles. The van der Waals surface area contributed by atoms with Crippen LogP contribution in [-0.4, -0.2) is 52.3 Å². The van der Waals surface area contributed by atoms with E-state index in [1.807, 2.05) is 30.3 Å². The van der Waals surface area contributed by atoms with Gasteiger partial charge in [-0.3, -0.25) is 9.80 Å². The van der Waals surface area contributed by atoms with Gasteiger partial charge in [0.05, 0.1) is 0 Å². The van der Waals surface area contributed by atoms with Gasteiger partial charge in [0.25, 0.3) is 0 Å². The van der Waals surface area contributed by atoms with Crippen LogP contribution in [-0.2, 0) is 13.1 Å². The summed E-state index contributed by atoms with van der Waals surface area (Å²) < 4.78 is 13.1. The number of nitrogens with zero attached hydrogens (tertiary/aromatic N) is 2. The van der Waals surface area contributed by atoms with Crippen molar-refractivity contribution in [3.8, 4) is 5.75 Å². The fourth-order valence-electron chi connectivity index (χ4n) is 3.44. The van der Waals surface area contributed by atoms with Crippen molar-refractivity contribution in [3.63, 3.8) is 0 Å². The molecule has 1 heterocycles. The fourth-order valence-corrected chi connectivity index (χ4v) is 3.44. The Kier molecular flexibility index (Phi) is 6.02. The lowest BCUT2D eigenvalue weighted by Gasteiger charge is -2.41. The lowest BCUT2D eigenvalue weighted by atomic mass is 10.1. The van der Waals surface area contributed by atoms with E-state index in [9.17, 15) is 14.6 Å². The van der Waals surface area contributed by atoms with Crippen LogP contribution in [0.1, 0.15) is 17.5 Å². The average molecular weight is 344 g/mol. The number of rotatable bonds is 6. The Morgan fingerprint density at radius 2 is 1.76 bits per heavy atom. The van der Waals surface area contributed by atoms with Gasteiger partial charge in [0.15, 0.2) is 0 Å². The molecule has 3 rings (SSSR count). The molecule has 1 aliphatic rings. The molecule has 134 valence electrons. The van der Waals surface area contributed by atoms with Gasteiger partial charge in [-0.15, -0.1) is 0 Å². The van der Waals surface area contributed by atoms with E-state index in [0.29, 0.717) is 18.7 Å². The third kappa shape index (κ3) is 4.78. The summed E-state index contributed by atoms with van der Waals surface area (Å²) in [6.45, 7) is 4.24. The van der Waals surface area contributed by atoms with Crippen molar-refractivity contribution in [1.82, 2.24) is 9.80 Å². The van der Waals surface area contributed by atoms with E-state index in [4.69, 9.17) is 0 Å². The number of halogens is 1. The minimum absolute atomic E-state index is 0.148. The van der Waals surface area contributed by atoms with E-state index in [0.717, 1.165) is 37.3 Å². The molecular formula is C20H25FN2O2. The largest absolute Gasteiger partial charge is 0.508 e. The maximum absolute atomic E-state index is 13.1. The first-order valence-electron chi connectivity index (χ1n) is 8.74. The Morgan fingerprint density at radius 3 is 2.48 bits per heavy atom. The highest BCUT2D eigenvalue weighted by Gasteiger charge is 2.27. The Balaban J connectivity index is 1.63. The van der Waals surface area contributed by atoms with Crippen molar-refractivity contribution in [3.05, 3.63) is 65.5 Å². The van der Waals surface area contributed by atoms with Crippen LogP contribution >= 0.6 is 0 Å². The molecule has 0 aliphatic carbocycles. The van der Waals surface area contributed by atoms with Gasteiger partial charge < -0.3 is 10.2 Å². The summed E-state index contributed by atoms with van der Waals surface area (Å²) in [5.74, 6) is 0.109. The van der Waals surface area contributed by atoms with Crippen LogP contribution < -0.4 is 0 Å². The smallest absolute Gasteiger partial charge is 0.123 e. The number of phenols is 1. The number of phenolic OH excluding ortho intramolecular Hbond substituents is 1. The first-order valence-corrected chi connectivity index (χ1v) is 8.74. The van der Waals surface area contributed by atoms with Gasteiger partial charge in [0.1, 0.15) is 11.6 Å². The minimum Gasteiger partial charge on any atom is -0.508 e. The molecule has 0 aromatic heterocycles. The van der Waals surface area contributed by atoms with Gasteiger partial charge in [0.2, 0.25) is 0 Å². The molecule has 1 aliphatic heterocycles. The SMILES string of the molecule is OCC[C@@H]1CN(Cc2ccccc2O)CCN1Cc1ccc(F)cc1. The quantitative estimate of drug-likeness (QED) is 0.846. The maximum Gasteiger partial charge on any atom is 0.123 e. The molecule has 1 fully saturated rings. The van der Waals surface area contributed by atoms with Crippen molar-refractivity contribution in [2.45, 2.75) is 25.6 Å². The minimum atomic E-state index is -0.219. The molecule has 0 unspecified atom stereocenters. The van der Waals surface area contributed by atoms with E-state index < -0.39 is 0 Å². The van der Waals surface area contributed by atoms with Gasteiger partial charge in [-0.05, 0) is 30.2 Å². The summed E-state index contributed by atoms with van der Waals surface area (Å²) in [6.07, 6.45) is 0.707.